The van der Waals surface area contributed by atoms with Gasteiger partial charge in [0.25, 0.3) is 5.91 Å². The molecule has 1 aliphatic heterocycles. The van der Waals surface area contributed by atoms with Gasteiger partial charge in [-0.1, -0.05) is 0 Å². The van der Waals surface area contributed by atoms with Crippen LogP contribution in [0.15, 0.2) is 18.3 Å². The molecule has 1 fully saturated rings. The van der Waals surface area contributed by atoms with E-state index < -0.39 is 9.84 Å². The van der Waals surface area contributed by atoms with Crippen LogP contribution >= 0.6 is 0 Å². The highest BCUT2D eigenvalue weighted by Gasteiger charge is 2.29. The second-order valence-corrected chi connectivity index (χ2v) is 6.70. The third-order valence-electron chi connectivity index (χ3n) is 3.02. The van der Waals surface area contributed by atoms with E-state index >= 15 is 0 Å². The van der Waals surface area contributed by atoms with E-state index in [0.717, 1.165) is 0 Å². The number of carbonyl (C=O) groups excluding carboxylic acids is 1. The van der Waals surface area contributed by atoms with Crippen LogP contribution in [-0.2, 0) is 9.84 Å². The average Bonchev–Trinajstić information content (AvgIpc) is 2.94. The SMILES string of the molecule is O=C(N[C@@H]1CCS(=O)(=O)C1)c1ccc2nnnn2c1. The van der Waals surface area contributed by atoms with E-state index in [2.05, 4.69) is 20.8 Å². The molecule has 0 unspecified atom stereocenters. The highest BCUT2D eigenvalue weighted by Crippen LogP contribution is 2.12. The van der Waals surface area contributed by atoms with Crippen LogP contribution < -0.4 is 5.32 Å². The van der Waals surface area contributed by atoms with Gasteiger partial charge in [-0.3, -0.25) is 4.79 Å². The lowest BCUT2D eigenvalue weighted by atomic mass is 10.2. The number of fused-ring (bicyclic) bond motifs is 1. The Labute approximate surface area is 108 Å². The van der Waals surface area contributed by atoms with E-state index in [-0.39, 0.29) is 23.5 Å². The third kappa shape index (κ3) is 2.41. The molecule has 0 saturated carbocycles. The molecule has 1 saturated heterocycles. The molecule has 1 atom stereocenters. The molecule has 3 heterocycles. The van der Waals surface area contributed by atoms with Crippen LogP contribution in [0.4, 0.5) is 0 Å². The number of nitrogens with one attached hydrogen (secondary N) is 1. The zero-order chi connectivity index (χ0) is 13.5. The largest absolute Gasteiger partial charge is 0.348 e. The van der Waals surface area contributed by atoms with E-state index in [0.29, 0.717) is 17.6 Å². The molecule has 19 heavy (non-hydrogen) atoms. The van der Waals surface area contributed by atoms with Crippen molar-refractivity contribution in [3.63, 3.8) is 0 Å². The molecule has 9 heteroatoms. The minimum Gasteiger partial charge on any atom is -0.348 e. The summed E-state index contributed by atoms with van der Waals surface area (Å²) < 4.78 is 24.0. The van der Waals surface area contributed by atoms with Crippen molar-refractivity contribution >= 4 is 21.4 Å². The molecule has 0 aromatic carbocycles. The minimum atomic E-state index is -3.00. The lowest BCUT2D eigenvalue weighted by Gasteiger charge is -2.10. The lowest BCUT2D eigenvalue weighted by Crippen LogP contribution is -2.35. The molecule has 1 amide bonds. The molecule has 0 aliphatic carbocycles. The summed E-state index contributed by atoms with van der Waals surface area (Å²) in [6, 6.07) is 2.91. The summed E-state index contributed by atoms with van der Waals surface area (Å²) >= 11 is 0. The Morgan fingerprint density at radius 1 is 1.42 bits per heavy atom. The maximum Gasteiger partial charge on any atom is 0.253 e. The summed E-state index contributed by atoms with van der Waals surface area (Å²) in [5.74, 6) is -0.185. The summed E-state index contributed by atoms with van der Waals surface area (Å²) in [4.78, 5) is 12.0. The van der Waals surface area contributed by atoms with E-state index in [1.807, 2.05) is 0 Å². The van der Waals surface area contributed by atoms with Crippen LogP contribution in [0.5, 0.6) is 0 Å². The fourth-order valence-corrected chi connectivity index (χ4v) is 3.73. The molecule has 3 rings (SSSR count). The summed E-state index contributed by atoms with van der Waals surface area (Å²) in [6.07, 6.45) is 1.97. The van der Waals surface area contributed by atoms with Crippen molar-refractivity contribution in [3.05, 3.63) is 23.9 Å². The van der Waals surface area contributed by atoms with Gasteiger partial charge < -0.3 is 5.32 Å². The van der Waals surface area contributed by atoms with E-state index in [4.69, 9.17) is 0 Å². The molecule has 2 aromatic heterocycles. The lowest BCUT2D eigenvalue weighted by molar-refractivity contribution is 0.0940. The summed E-state index contributed by atoms with van der Waals surface area (Å²) in [5, 5.41) is 13.6. The van der Waals surface area contributed by atoms with Crippen LogP contribution in [0.2, 0.25) is 0 Å². The van der Waals surface area contributed by atoms with Gasteiger partial charge in [0, 0.05) is 12.2 Å². The Kier molecular flexibility index (Phi) is 2.70. The molecule has 100 valence electrons. The monoisotopic (exact) mass is 281 g/mol. The van der Waals surface area contributed by atoms with Gasteiger partial charge in [0.2, 0.25) is 0 Å². The topological polar surface area (TPSA) is 106 Å². The van der Waals surface area contributed by atoms with Crippen molar-refractivity contribution in [2.75, 3.05) is 11.5 Å². The Bertz CT molecular complexity index is 738. The van der Waals surface area contributed by atoms with Crippen molar-refractivity contribution < 1.29 is 13.2 Å². The fraction of sp³-hybridized carbons (Fsp3) is 0.400. The number of hydrogen-bond donors (Lipinski definition) is 1. The fourth-order valence-electron chi connectivity index (χ4n) is 2.05. The van der Waals surface area contributed by atoms with Crippen molar-refractivity contribution in [2.24, 2.45) is 0 Å². The van der Waals surface area contributed by atoms with E-state index in [1.54, 1.807) is 12.1 Å². The Hall–Kier alpha value is -2.03. The Morgan fingerprint density at radius 2 is 2.26 bits per heavy atom. The maximum absolute atomic E-state index is 12.0. The number of rotatable bonds is 2. The number of sulfone groups is 1. The average molecular weight is 281 g/mol. The minimum absolute atomic E-state index is 0.00582. The first-order valence-corrected chi connectivity index (χ1v) is 7.55. The maximum atomic E-state index is 12.0. The van der Waals surface area contributed by atoms with Gasteiger partial charge in [-0.25, -0.2) is 8.42 Å². The molecule has 8 nitrogen and oxygen atoms in total. The summed E-state index contributed by atoms with van der Waals surface area (Å²) in [6.45, 7) is 0. The normalized spacial score (nSPS) is 21.6. The van der Waals surface area contributed by atoms with E-state index in [1.165, 1.54) is 10.7 Å². The smallest absolute Gasteiger partial charge is 0.253 e. The number of aromatic nitrogens is 4. The van der Waals surface area contributed by atoms with Gasteiger partial charge in [-0.2, -0.15) is 4.52 Å². The standard InChI is InChI=1S/C10H11N5O3S/c16-10(11-8-3-4-19(17,18)6-8)7-1-2-9-12-13-14-15(9)5-7/h1-2,5,8H,3-4,6H2,(H,11,16)/t8-/m1/s1. The molecule has 0 radical (unpaired) electrons. The van der Waals surface area contributed by atoms with Crippen LogP contribution in [0.25, 0.3) is 5.65 Å². The van der Waals surface area contributed by atoms with Crippen LogP contribution in [0.1, 0.15) is 16.8 Å². The van der Waals surface area contributed by atoms with Crippen LogP contribution in [-0.4, -0.2) is 51.9 Å². The molecule has 0 bridgehead atoms. The highest BCUT2D eigenvalue weighted by atomic mass is 32.2. The van der Waals surface area contributed by atoms with Crippen LogP contribution in [0, 0.1) is 0 Å². The van der Waals surface area contributed by atoms with Gasteiger partial charge >= 0.3 is 0 Å². The van der Waals surface area contributed by atoms with Gasteiger partial charge in [0.05, 0.1) is 17.1 Å². The van der Waals surface area contributed by atoms with Gasteiger partial charge in [0.1, 0.15) is 0 Å². The summed E-state index contributed by atoms with van der Waals surface area (Å²) in [7, 11) is -3.00. The molecule has 2 aromatic rings. The zero-order valence-corrected chi connectivity index (χ0v) is 10.7. The summed E-state index contributed by atoms with van der Waals surface area (Å²) in [5.41, 5.74) is 0.934. The first-order valence-electron chi connectivity index (χ1n) is 5.72. The number of carbonyl (C=O) groups is 1. The zero-order valence-electron chi connectivity index (χ0n) is 9.85. The Morgan fingerprint density at radius 3 is 3.00 bits per heavy atom. The quantitative estimate of drug-likeness (QED) is 0.760. The van der Waals surface area contributed by atoms with Gasteiger partial charge in [-0.15, -0.1) is 5.10 Å². The van der Waals surface area contributed by atoms with Gasteiger partial charge in [-0.05, 0) is 29.0 Å². The first-order chi connectivity index (χ1) is 9.03. The number of amides is 1. The molecular weight excluding hydrogens is 270 g/mol. The van der Waals surface area contributed by atoms with Gasteiger partial charge in [0.15, 0.2) is 15.5 Å². The highest BCUT2D eigenvalue weighted by molar-refractivity contribution is 7.91. The number of hydrogen-bond acceptors (Lipinski definition) is 6. The van der Waals surface area contributed by atoms with Crippen LogP contribution in [0.3, 0.4) is 0 Å². The molecule has 1 N–H and O–H groups in total. The Balaban J connectivity index is 1.76. The molecular formula is C10H11N5O3S. The van der Waals surface area contributed by atoms with Crippen molar-refractivity contribution in [3.8, 4) is 0 Å². The molecule has 0 spiro atoms. The van der Waals surface area contributed by atoms with Crippen molar-refractivity contribution in [2.45, 2.75) is 12.5 Å². The second-order valence-electron chi connectivity index (χ2n) is 4.47. The molecule has 1 aliphatic rings. The number of pyridine rings is 1. The predicted octanol–water partition coefficient (Wildman–Crippen LogP) is -0.959. The third-order valence-corrected chi connectivity index (χ3v) is 4.79. The van der Waals surface area contributed by atoms with Crippen molar-refractivity contribution in [1.82, 2.24) is 25.4 Å². The number of tetrazole rings is 1. The van der Waals surface area contributed by atoms with E-state index in [9.17, 15) is 13.2 Å². The van der Waals surface area contributed by atoms with Crippen molar-refractivity contribution in [1.29, 1.82) is 0 Å². The number of nitrogens with zero attached hydrogens (tertiary/aromatic N) is 4. The first kappa shape index (κ1) is 12.0. The predicted molar refractivity (Wildman–Crippen MR) is 65.3 cm³/mol. The second kappa shape index (κ2) is 4.26.